The van der Waals surface area contributed by atoms with Gasteiger partial charge in [-0.3, -0.25) is 5.10 Å². The van der Waals surface area contributed by atoms with E-state index in [0.717, 1.165) is 6.20 Å². The maximum atomic E-state index is 13.5. The zero-order chi connectivity index (χ0) is 12.4. The number of nitrogens with one attached hydrogen (secondary N) is 1. The number of methoxy groups -OCH3 is 1. The summed E-state index contributed by atoms with van der Waals surface area (Å²) in [6.07, 6.45) is 0.995. The van der Waals surface area contributed by atoms with Crippen molar-refractivity contribution in [1.82, 2.24) is 15.2 Å². The Hall–Kier alpha value is -2.44. The van der Waals surface area contributed by atoms with Gasteiger partial charge in [-0.25, -0.2) is 14.2 Å². The number of aromatic nitrogens is 3. The normalized spacial score (nSPS) is 10.2. The monoisotopic (exact) mass is 237 g/mol. The Morgan fingerprint density at radius 2 is 2.29 bits per heavy atom. The summed E-state index contributed by atoms with van der Waals surface area (Å²) in [6, 6.07) is 2.59. The predicted molar refractivity (Wildman–Crippen MR) is 55.3 cm³/mol. The summed E-state index contributed by atoms with van der Waals surface area (Å²) in [5.74, 6) is -1.55. The molecule has 0 saturated carbocycles. The van der Waals surface area contributed by atoms with Crippen molar-refractivity contribution in [3.05, 3.63) is 29.8 Å². The van der Waals surface area contributed by atoms with E-state index in [4.69, 9.17) is 9.84 Å². The van der Waals surface area contributed by atoms with Gasteiger partial charge in [-0.2, -0.15) is 5.10 Å². The second-order valence-electron chi connectivity index (χ2n) is 3.18. The standard InChI is InChI=1S/C10H8FN3O3/c1-17-9-2-5(6(11)4-12-9)7-3-8(10(15)16)14-13-7/h2-4H,1H3,(H,13,14)(H,15,16). The van der Waals surface area contributed by atoms with Crippen molar-refractivity contribution < 1.29 is 19.0 Å². The predicted octanol–water partition coefficient (Wildman–Crippen LogP) is 1.32. The number of aromatic carboxylic acids is 1. The van der Waals surface area contributed by atoms with Crippen LogP contribution < -0.4 is 4.74 Å². The zero-order valence-corrected chi connectivity index (χ0v) is 8.77. The molecule has 0 saturated heterocycles. The van der Waals surface area contributed by atoms with Crippen LogP contribution in [0.5, 0.6) is 5.88 Å². The van der Waals surface area contributed by atoms with Crippen LogP contribution in [0, 0.1) is 5.82 Å². The maximum Gasteiger partial charge on any atom is 0.356 e. The van der Waals surface area contributed by atoms with Crippen LogP contribution in [-0.2, 0) is 0 Å². The molecule has 17 heavy (non-hydrogen) atoms. The lowest BCUT2D eigenvalue weighted by atomic mass is 10.2. The molecular formula is C10H8FN3O3. The first-order valence-electron chi connectivity index (χ1n) is 4.60. The lowest BCUT2D eigenvalue weighted by molar-refractivity contribution is 0.0690. The van der Waals surface area contributed by atoms with Crippen LogP contribution >= 0.6 is 0 Å². The molecule has 0 aliphatic heterocycles. The first kappa shape index (κ1) is 11.1. The first-order chi connectivity index (χ1) is 8.11. The van der Waals surface area contributed by atoms with Gasteiger partial charge in [-0.05, 0) is 6.07 Å². The van der Waals surface area contributed by atoms with Crippen LogP contribution in [0.1, 0.15) is 10.5 Å². The van der Waals surface area contributed by atoms with Gasteiger partial charge in [-0.15, -0.1) is 0 Å². The van der Waals surface area contributed by atoms with Crippen molar-refractivity contribution in [3.8, 4) is 17.1 Å². The number of pyridine rings is 1. The van der Waals surface area contributed by atoms with E-state index in [1.165, 1.54) is 19.2 Å². The first-order valence-corrected chi connectivity index (χ1v) is 4.60. The SMILES string of the molecule is COc1cc(-c2cc(C(=O)O)n[nH]2)c(F)cn1. The third-order valence-electron chi connectivity index (χ3n) is 2.13. The smallest absolute Gasteiger partial charge is 0.356 e. The van der Waals surface area contributed by atoms with Crippen molar-refractivity contribution in [1.29, 1.82) is 0 Å². The number of hydrogen-bond donors (Lipinski definition) is 2. The van der Waals surface area contributed by atoms with Crippen LogP contribution in [0.3, 0.4) is 0 Å². The quantitative estimate of drug-likeness (QED) is 0.840. The van der Waals surface area contributed by atoms with Crippen molar-refractivity contribution in [2.75, 3.05) is 7.11 Å². The van der Waals surface area contributed by atoms with Gasteiger partial charge in [0.1, 0.15) is 0 Å². The number of halogens is 1. The summed E-state index contributed by atoms with van der Waals surface area (Å²) >= 11 is 0. The Balaban J connectivity index is 2.47. The highest BCUT2D eigenvalue weighted by Gasteiger charge is 2.13. The molecule has 2 N–H and O–H groups in total. The summed E-state index contributed by atoms with van der Waals surface area (Å²) < 4.78 is 18.3. The molecule has 0 aliphatic rings. The van der Waals surface area contributed by atoms with Gasteiger partial charge in [-0.1, -0.05) is 0 Å². The van der Waals surface area contributed by atoms with E-state index in [2.05, 4.69) is 15.2 Å². The summed E-state index contributed by atoms with van der Waals surface area (Å²) in [7, 11) is 1.40. The number of hydrogen-bond acceptors (Lipinski definition) is 4. The molecule has 0 spiro atoms. The minimum atomic E-state index is -1.19. The lowest BCUT2D eigenvalue weighted by Crippen LogP contribution is -1.95. The number of ether oxygens (including phenoxy) is 1. The number of nitrogens with zero attached hydrogens (tertiary/aromatic N) is 2. The number of H-pyrrole nitrogens is 1. The Morgan fingerprint density at radius 3 is 2.88 bits per heavy atom. The molecule has 0 atom stereocenters. The van der Waals surface area contributed by atoms with E-state index in [-0.39, 0.29) is 22.8 Å². The summed E-state index contributed by atoms with van der Waals surface area (Å²) in [6.45, 7) is 0. The minimum Gasteiger partial charge on any atom is -0.481 e. The highest BCUT2D eigenvalue weighted by molar-refractivity contribution is 5.86. The molecule has 0 aliphatic carbocycles. The van der Waals surface area contributed by atoms with Gasteiger partial charge in [0.15, 0.2) is 11.5 Å². The van der Waals surface area contributed by atoms with Crippen molar-refractivity contribution in [2.24, 2.45) is 0 Å². The largest absolute Gasteiger partial charge is 0.481 e. The molecule has 2 aromatic rings. The fourth-order valence-corrected chi connectivity index (χ4v) is 1.31. The molecular weight excluding hydrogens is 229 g/mol. The number of carboxylic acid groups (broad SMARTS) is 1. The fourth-order valence-electron chi connectivity index (χ4n) is 1.31. The topological polar surface area (TPSA) is 88.1 Å². The van der Waals surface area contributed by atoms with E-state index < -0.39 is 11.8 Å². The zero-order valence-electron chi connectivity index (χ0n) is 8.77. The Labute approximate surface area is 95.1 Å². The van der Waals surface area contributed by atoms with Crippen LogP contribution in [0.2, 0.25) is 0 Å². The van der Waals surface area contributed by atoms with Gasteiger partial charge in [0, 0.05) is 11.6 Å². The molecule has 2 rings (SSSR count). The molecule has 88 valence electrons. The molecule has 7 heteroatoms. The van der Waals surface area contributed by atoms with Gasteiger partial charge >= 0.3 is 5.97 Å². The second kappa shape index (κ2) is 4.20. The molecule has 0 amide bonds. The second-order valence-corrected chi connectivity index (χ2v) is 3.18. The number of aromatic amines is 1. The van der Waals surface area contributed by atoms with E-state index >= 15 is 0 Å². The molecule has 0 bridgehead atoms. The third kappa shape index (κ3) is 2.07. The summed E-state index contributed by atoms with van der Waals surface area (Å²) in [4.78, 5) is 14.3. The average molecular weight is 237 g/mol. The van der Waals surface area contributed by atoms with Crippen LogP contribution in [0.4, 0.5) is 4.39 Å². The molecule has 2 heterocycles. The van der Waals surface area contributed by atoms with E-state index in [9.17, 15) is 9.18 Å². The number of carbonyl (C=O) groups is 1. The summed E-state index contributed by atoms with van der Waals surface area (Å²) in [5, 5.41) is 14.7. The van der Waals surface area contributed by atoms with Crippen LogP contribution in [0.15, 0.2) is 18.3 Å². The van der Waals surface area contributed by atoms with Gasteiger partial charge in [0.25, 0.3) is 0 Å². The van der Waals surface area contributed by atoms with Gasteiger partial charge in [0.05, 0.1) is 19.0 Å². The van der Waals surface area contributed by atoms with Gasteiger partial charge < -0.3 is 9.84 Å². The third-order valence-corrected chi connectivity index (χ3v) is 2.13. The van der Waals surface area contributed by atoms with Crippen molar-refractivity contribution in [3.63, 3.8) is 0 Å². The van der Waals surface area contributed by atoms with Crippen LogP contribution in [0.25, 0.3) is 11.3 Å². The Bertz CT molecular complexity index is 568. The Kier molecular flexibility index (Phi) is 2.73. The minimum absolute atomic E-state index is 0.150. The molecule has 0 radical (unpaired) electrons. The molecule has 0 fully saturated rings. The molecule has 2 aromatic heterocycles. The van der Waals surface area contributed by atoms with E-state index in [0.29, 0.717) is 0 Å². The summed E-state index contributed by atoms with van der Waals surface area (Å²) in [5.41, 5.74) is 0.215. The number of carboxylic acids is 1. The molecule has 6 nitrogen and oxygen atoms in total. The highest BCUT2D eigenvalue weighted by Crippen LogP contribution is 2.24. The Morgan fingerprint density at radius 1 is 1.53 bits per heavy atom. The maximum absolute atomic E-state index is 13.5. The average Bonchev–Trinajstić information content (AvgIpc) is 2.79. The highest BCUT2D eigenvalue weighted by atomic mass is 19.1. The van der Waals surface area contributed by atoms with Crippen molar-refractivity contribution in [2.45, 2.75) is 0 Å². The van der Waals surface area contributed by atoms with E-state index in [1.807, 2.05) is 0 Å². The van der Waals surface area contributed by atoms with E-state index in [1.54, 1.807) is 0 Å². The number of rotatable bonds is 3. The fraction of sp³-hybridized carbons (Fsp3) is 0.100. The lowest BCUT2D eigenvalue weighted by Gasteiger charge is -2.02. The molecule has 0 unspecified atom stereocenters. The van der Waals surface area contributed by atoms with Crippen molar-refractivity contribution >= 4 is 5.97 Å². The van der Waals surface area contributed by atoms with Gasteiger partial charge in [0.2, 0.25) is 5.88 Å². The van der Waals surface area contributed by atoms with Crippen LogP contribution in [-0.4, -0.2) is 33.4 Å². The molecule has 0 aromatic carbocycles.